The monoisotopic (exact) mass is 196 g/mol. The van der Waals surface area contributed by atoms with Crippen molar-refractivity contribution in [3.8, 4) is 0 Å². The summed E-state index contributed by atoms with van der Waals surface area (Å²) in [7, 11) is 0. The number of hydrogen-bond donors (Lipinski definition) is 1. The van der Waals surface area contributed by atoms with Crippen molar-refractivity contribution in [2.24, 2.45) is 11.7 Å². The van der Waals surface area contributed by atoms with Gasteiger partial charge in [-0.2, -0.15) is 0 Å². The second kappa shape index (κ2) is 5.52. The Kier molecular flexibility index (Phi) is 4.63. The van der Waals surface area contributed by atoms with E-state index in [2.05, 4.69) is 31.7 Å². The van der Waals surface area contributed by atoms with Crippen LogP contribution in [0.25, 0.3) is 0 Å². The van der Waals surface area contributed by atoms with Gasteiger partial charge in [0.2, 0.25) is 0 Å². The van der Waals surface area contributed by atoms with E-state index in [1.165, 1.54) is 25.1 Å². The van der Waals surface area contributed by atoms with Crippen molar-refractivity contribution < 1.29 is 0 Å². The molecule has 0 bridgehead atoms. The highest BCUT2D eigenvalue weighted by Crippen LogP contribution is 2.18. The summed E-state index contributed by atoms with van der Waals surface area (Å²) < 4.78 is 0. The molecule has 0 aromatic rings. The molecular formula is C12H24N2. The molecule has 0 amide bonds. The van der Waals surface area contributed by atoms with Crippen molar-refractivity contribution in [2.45, 2.75) is 39.7 Å². The standard InChI is InChI=1S/C12H24N2/c1-4-11-9-14(7-5-10(2)3)8-6-12(11)13/h5,11-12H,4,6-9,13H2,1-3H3. The Morgan fingerprint density at radius 3 is 2.79 bits per heavy atom. The highest BCUT2D eigenvalue weighted by molar-refractivity contribution is 4.96. The molecule has 1 rings (SSSR count). The first-order valence-corrected chi connectivity index (χ1v) is 5.74. The van der Waals surface area contributed by atoms with E-state index in [4.69, 9.17) is 5.73 Å². The van der Waals surface area contributed by atoms with Gasteiger partial charge in [0.25, 0.3) is 0 Å². The number of nitrogens with zero attached hydrogens (tertiary/aromatic N) is 1. The Morgan fingerprint density at radius 2 is 2.21 bits per heavy atom. The predicted molar refractivity (Wildman–Crippen MR) is 62.2 cm³/mol. The maximum atomic E-state index is 6.07. The maximum Gasteiger partial charge on any atom is 0.0165 e. The summed E-state index contributed by atoms with van der Waals surface area (Å²) >= 11 is 0. The Morgan fingerprint density at radius 1 is 1.50 bits per heavy atom. The van der Waals surface area contributed by atoms with Crippen LogP contribution in [-0.2, 0) is 0 Å². The Balaban J connectivity index is 2.38. The fourth-order valence-electron chi connectivity index (χ4n) is 2.04. The first-order chi connectivity index (χ1) is 6.63. The quantitative estimate of drug-likeness (QED) is 0.700. The predicted octanol–water partition coefficient (Wildman–Crippen LogP) is 2.01. The molecule has 2 heteroatoms. The van der Waals surface area contributed by atoms with Crippen LogP contribution in [0.1, 0.15) is 33.6 Å². The van der Waals surface area contributed by atoms with Crippen LogP contribution in [0, 0.1) is 5.92 Å². The van der Waals surface area contributed by atoms with Gasteiger partial charge in [-0.05, 0) is 32.7 Å². The van der Waals surface area contributed by atoms with E-state index < -0.39 is 0 Å². The van der Waals surface area contributed by atoms with Gasteiger partial charge in [-0.25, -0.2) is 0 Å². The van der Waals surface area contributed by atoms with Crippen LogP contribution >= 0.6 is 0 Å². The molecule has 2 unspecified atom stereocenters. The second-order valence-electron chi connectivity index (χ2n) is 4.66. The van der Waals surface area contributed by atoms with Crippen LogP contribution < -0.4 is 5.73 Å². The number of hydrogen-bond acceptors (Lipinski definition) is 2. The molecule has 0 saturated carbocycles. The summed E-state index contributed by atoms with van der Waals surface area (Å²) in [5.41, 5.74) is 7.48. The molecule has 0 aliphatic carbocycles. The van der Waals surface area contributed by atoms with Crippen molar-refractivity contribution in [3.05, 3.63) is 11.6 Å². The van der Waals surface area contributed by atoms with Crippen LogP contribution in [0.5, 0.6) is 0 Å². The molecule has 1 aliphatic rings. The molecule has 2 nitrogen and oxygen atoms in total. The molecule has 0 spiro atoms. The van der Waals surface area contributed by atoms with Crippen LogP contribution in [-0.4, -0.2) is 30.6 Å². The van der Waals surface area contributed by atoms with Crippen molar-refractivity contribution >= 4 is 0 Å². The van der Waals surface area contributed by atoms with Crippen LogP contribution in [0.2, 0.25) is 0 Å². The summed E-state index contributed by atoms with van der Waals surface area (Å²) in [6.07, 6.45) is 4.69. The van der Waals surface area contributed by atoms with Crippen molar-refractivity contribution in [1.82, 2.24) is 4.90 Å². The molecule has 0 aromatic carbocycles. The summed E-state index contributed by atoms with van der Waals surface area (Å²) in [5.74, 6) is 0.703. The minimum absolute atomic E-state index is 0.433. The lowest BCUT2D eigenvalue weighted by molar-refractivity contribution is 0.165. The normalized spacial score (nSPS) is 28.9. The summed E-state index contributed by atoms with van der Waals surface area (Å²) in [6.45, 7) is 10.0. The van der Waals surface area contributed by atoms with Gasteiger partial charge in [0.1, 0.15) is 0 Å². The number of nitrogens with two attached hydrogens (primary N) is 1. The molecule has 2 atom stereocenters. The Hall–Kier alpha value is -0.340. The number of likely N-dealkylation sites (tertiary alicyclic amines) is 1. The summed E-state index contributed by atoms with van der Waals surface area (Å²) in [6, 6.07) is 0.433. The van der Waals surface area contributed by atoms with Crippen LogP contribution in [0.3, 0.4) is 0 Å². The Labute approximate surface area is 88.2 Å². The topological polar surface area (TPSA) is 29.3 Å². The maximum absolute atomic E-state index is 6.07. The minimum Gasteiger partial charge on any atom is -0.327 e. The fraction of sp³-hybridized carbons (Fsp3) is 0.833. The van der Waals surface area contributed by atoms with E-state index in [1.807, 2.05) is 0 Å². The highest BCUT2D eigenvalue weighted by atomic mass is 15.1. The van der Waals surface area contributed by atoms with Crippen molar-refractivity contribution in [2.75, 3.05) is 19.6 Å². The minimum atomic E-state index is 0.433. The third kappa shape index (κ3) is 3.43. The van der Waals surface area contributed by atoms with E-state index in [0.29, 0.717) is 12.0 Å². The van der Waals surface area contributed by atoms with Crippen molar-refractivity contribution in [1.29, 1.82) is 0 Å². The average Bonchev–Trinajstić information content (AvgIpc) is 2.16. The molecule has 1 aliphatic heterocycles. The second-order valence-corrected chi connectivity index (χ2v) is 4.66. The average molecular weight is 196 g/mol. The number of piperidine rings is 1. The van der Waals surface area contributed by atoms with Gasteiger partial charge >= 0.3 is 0 Å². The largest absolute Gasteiger partial charge is 0.327 e. The van der Waals surface area contributed by atoms with E-state index in [1.54, 1.807) is 0 Å². The SMILES string of the molecule is CCC1CN(CC=C(C)C)CCC1N. The van der Waals surface area contributed by atoms with Crippen LogP contribution in [0.4, 0.5) is 0 Å². The molecule has 2 N–H and O–H groups in total. The third-order valence-electron chi connectivity index (χ3n) is 3.16. The van der Waals surface area contributed by atoms with Gasteiger partial charge in [0.15, 0.2) is 0 Å². The lowest BCUT2D eigenvalue weighted by Crippen LogP contribution is -2.46. The zero-order valence-corrected chi connectivity index (χ0v) is 9.79. The lowest BCUT2D eigenvalue weighted by atomic mass is 9.91. The smallest absolute Gasteiger partial charge is 0.0165 e. The van der Waals surface area contributed by atoms with E-state index >= 15 is 0 Å². The van der Waals surface area contributed by atoms with Gasteiger partial charge in [0, 0.05) is 19.1 Å². The van der Waals surface area contributed by atoms with Gasteiger partial charge in [-0.15, -0.1) is 0 Å². The van der Waals surface area contributed by atoms with Gasteiger partial charge in [-0.1, -0.05) is 25.0 Å². The molecular weight excluding hydrogens is 172 g/mol. The summed E-state index contributed by atoms with van der Waals surface area (Å²) in [5, 5.41) is 0. The molecule has 82 valence electrons. The van der Waals surface area contributed by atoms with E-state index in [0.717, 1.165) is 13.0 Å². The highest BCUT2D eigenvalue weighted by Gasteiger charge is 2.24. The van der Waals surface area contributed by atoms with Gasteiger partial charge in [-0.3, -0.25) is 4.90 Å². The zero-order valence-electron chi connectivity index (χ0n) is 9.79. The zero-order chi connectivity index (χ0) is 10.6. The number of rotatable bonds is 3. The van der Waals surface area contributed by atoms with E-state index in [9.17, 15) is 0 Å². The van der Waals surface area contributed by atoms with Crippen LogP contribution in [0.15, 0.2) is 11.6 Å². The first kappa shape index (κ1) is 11.7. The molecule has 1 saturated heterocycles. The third-order valence-corrected chi connectivity index (χ3v) is 3.16. The van der Waals surface area contributed by atoms with Crippen molar-refractivity contribution in [3.63, 3.8) is 0 Å². The number of allylic oxidation sites excluding steroid dienone is 1. The lowest BCUT2D eigenvalue weighted by Gasteiger charge is -2.36. The molecule has 1 fully saturated rings. The molecule has 14 heavy (non-hydrogen) atoms. The molecule has 0 radical (unpaired) electrons. The molecule has 1 heterocycles. The summed E-state index contributed by atoms with van der Waals surface area (Å²) in [4.78, 5) is 2.52. The fourth-order valence-corrected chi connectivity index (χ4v) is 2.04. The molecule has 0 aromatic heterocycles. The Bertz CT molecular complexity index is 194. The van der Waals surface area contributed by atoms with Gasteiger partial charge < -0.3 is 5.73 Å². The van der Waals surface area contributed by atoms with Gasteiger partial charge in [0.05, 0.1) is 0 Å². The van der Waals surface area contributed by atoms with E-state index in [-0.39, 0.29) is 0 Å². The first-order valence-electron chi connectivity index (χ1n) is 5.74.